The lowest BCUT2D eigenvalue weighted by molar-refractivity contribution is 0.0602. The van der Waals surface area contributed by atoms with Gasteiger partial charge in [-0.25, -0.2) is 13.2 Å². The van der Waals surface area contributed by atoms with Crippen molar-refractivity contribution in [3.63, 3.8) is 0 Å². The first-order chi connectivity index (χ1) is 9.25. The zero-order valence-corrected chi connectivity index (χ0v) is 12.7. The summed E-state index contributed by atoms with van der Waals surface area (Å²) in [7, 11) is 2.64. The molecular weight excluding hydrogens is 304 g/mol. The first-order valence-corrected chi connectivity index (χ1v) is 8.11. The molecule has 1 aromatic carbocycles. The smallest absolute Gasteiger partial charge is 0.338 e. The van der Waals surface area contributed by atoms with Gasteiger partial charge >= 0.3 is 5.97 Å². The van der Waals surface area contributed by atoms with E-state index in [0.29, 0.717) is 10.9 Å². The van der Waals surface area contributed by atoms with E-state index < -0.39 is 15.0 Å². The van der Waals surface area contributed by atoms with Gasteiger partial charge in [-0.2, -0.15) is 5.10 Å². The number of methoxy groups -OCH3 is 1. The molecule has 1 aromatic heterocycles. The number of rotatable bonds is 3. The first kappa shape index (κ1) is 14.8. The van der Waals surface area contributed by atoms with Crippen LogP contribution in [0.3, 0.4) is 0 Å². The fourth-order valence-corrected chi connectivity index (χ4v) is 2.73. The van der Waals surface area contributed by atoms with Crippen LogP contribution in [0.25, 0.3) is 10.9 Å². The lowest BCUT2D eigenvalue weighted by Gasteiger charge is -2.09. The van der Waals surface area contributed by atoms with E-state index in [1.54, 1.807) is 4.68 Å². The third-order valence-electron chi connectivity index (χ3n) is 2.87. The number of benzene rings is 1. The minimum Gasteiger partial charge on any atom is -0.465 e. The highest BCUT2D eigenvalue weighted by Crippen LogP contribution is 2.27. The quantitative estimate of drug-likeness (QED) is 0.641. The van der Waals surface area contributed by atoms with E-state index in [4.69, 9.17) is 10.7 Å². The Morgan fingerprint density at radius 1 is 1.40 bits per heavy atom. The molecule has 8 heteroatoms. The molecule has 20 heavy (non-hydrogen) atoms. The normalized spacial score (nSPS) is 12.1. The summed E-state index contributed by atoms with van der Waals surface area (Å²) in [5.41, 5.74) is 0.637. The number of nitrogens with zero attached hydrogens (tertiary/aromatic N) is 2. The first-order valence-electron chi connectivity index (χ1n) is 5.80. The van der Waals surface area contributed by atoms with Crippen LogP contribution in [-0.4, -0.2) is 31.3 Å². The maximum absolute atomic E-state index is 11.8. The maximum Gasteiger partial charge on any atom is 0.338 e. The fraction of sp³-hybridized carbons (Fsp3) is 0.333. The summed E-state index contributed by atoms with van der Waals surface area (Å²) in [5, 5.41) is 4.69. The average molecular weight is 317 g/mol. The van der Waals surface area contributed by atoms with E-state index in [1.807, 2.05) is 13.8 Å². The molecular formula is C12H13ClN2O4S. The molecule has 2 rings (SSSR count). The van der Waals surface area contributed by atoms with Gasteiger partial charge in [0.1, 0.15) is 0 Å². The van der Waals surface area contributed by atoms with Crippen molar-refractivity contribution in [1.82, 2.24) is 9.78 Å². The summed E-state index contributed by atoms with van der Waals surface area (Å²) in [5.74, 6) is -0.638. The molecule has 108 valence electrons. The number of halogens is 1. The number of ether oxygens (including phenoxy) is 1. The molecule has 0 N–H and O–H groups in total. The molecule has 0 aliphatic heterocycles. The third kappa shape index (κ3) is 2.51. The highest BCUT2D eigenvalue weighted by molar-refractivity contribution is 8.13. The second-order valence-electron chi connectivity index (χ2n) is 4.52. The Bertz CT molecular complexity index is 780. The molecule has 6 nitrogen and oxygen atoms in total. The largest absolute Gasteiger partial charge is 0.465 e. The number of carbonyl (C=O) groups is 1. The molecule has 0 atom stereocenters. The second kappa shape index (κ2) is 5.06. The van der Waals surface area contributed by atoms with Crippen LogP contribution in [0.15, 0.2) is 23.2 Å². The topological polar surface area (TPSA) is 78.3 Å². The van der Waals surface area contributed by atoms with Gasteiger partial charge in [-0.05, 0) is 26.0 Å². The molecule has 0 aliphatic rings. The molecule has 0 amide bonds. The van der Waals surface area contributed by atoms with Gasteiger partial charge in [0.25, 0.3) is 9.05 Å². The molecule has 0 saturated heterocycles. The predicted octanol–water partition coefficient (Wildman–Crippen LogP) is 2.33. The van der Waals surface area contributed by atoms with Gasteiger partial charge < -0.3 is 4.74 Å². The molecule has 1 heterocycles. The van der Waals surface area contributed by atoms with Crippen LogP contribution in [0.1, 0.15) is 30.2 Å². The van der Waals surface area contributed by atoms with E-state index in [1.165, 1.54) is 25.4 Å². The summed E-state index contributed by atoms with van der Waals surface area (Å²) < 4.78 is 29.3. The van der Waals surface area contributed by atoms with Crippen molar-refractivity contribution in [3.8, 4) is 0 Å². The van der Waals surface area contributed by atoms with E-state index in [9.17, 15) is 13.2 Å². The van der Waals surface area contributed by atoms with Crippen LogP contribution in [-0.2, 0) is 13.8 Å². The van der Waals surface area contributed by atoms with E-state index in [0.717, 1.165) is 0 Å². The Labute approximate surface area is 120 Å². The SMILES string of the molecule is COC(=O)c1cc(S(=O)(=O)Cl)cc2c1cnn2C(C)C. The molecule has 0 bridgehead atoms. The number of fused-ring (bicyclic) bond motifs is 1. The van der Waals surface area contributed by atoms with Gasteiger partial charge in [0.2, 0.25) is 0 Å². The molecule has 0 spiro atoms. The Kier molecular flexibility index (Phi) is 3.75. The van der Waals surface area contributed by atoms with Gasteiger partial charge in [0.15, 0.2) is 0 Å². The fourth-order valence-electron chi connectivity index (χ4n) is 1.95. The number of esters is 1. The van der Waals surface area contributed by atoms with Crippen molar-refractivity contribution < 1.29 is 17.9 Å². The highest BCUT2D eigenvalue weighted by Gasteiger charge is 2.21. The molecule has 0 saturated carbocycles. The van der Waals surface area contributed by atoms with Crippen LogP contribution in [0.4, 0.5) is 0 Å². The molecule has 0 unspecified atom stereocenters. The van der Waals surface area contributed by atoms with Gasteiger partial charge in [-0.3, -0.25) is 4.68 Å². The monoisotopic (exact) mass is 316 g/mol. The summed E-state index contributed by atoms with van der Waals surface area (Å²) in [6.45, 7) is 3.79. The second-order valence-corrected chi connectivity index (χ2v) is 7.08. The van der Waals surface area contributed by atoms with E-state index in [-0.39, 0.29) is 16.5 Å². The summed E-state index contributed by atoms with van der Waals surface area (Å²) in [4.78, 5) is 11.6. The summed E-state index contributed by atoms with van der Waals surface area (Å²) in [6, 6.07) is 2.60. The molecule has 0 fully saturated rings. The van der Waals surface area contributed by atoms with Crippen molar-refractivity contribution in [2.75, 3.05) is 7.11 Å². The van der Waals surface area contributed by atoms with Crippen molar-refractivity contribution in [2.45, 2.75) is 24.8 Å². The Morgan fingerprint density at radius 2 is 2.05 bits per heavy atom. The molecule has 0 aliphatic carbocycles. The van der Waals surface area contributed by atoms with E-state index in [2.05, 4.69) is 9.84 Å². The van der Waals surface area contributed by atoms with E-state index >= 15 is 0 Å². The number of aromatic nitrogens is 2. The lowest BCUT2D eigenvalue weighted by atomic mass is 10.1. The number of hydrogen-bond donors (Lipinski definition) is 0. The Hall–Kier alpha value is -1.60. The van der Waals surface area contributed by atoms with Crippen molar-refractivity contribution in [2.24, 2.45) is 0 Å². The minimum absolute atomic E-state index is 0.00581. The zero-order valence-electron chi connectivity index (χ0n) is 11.1. The standard InChI is InChI=1S/C12H13ClN2O4S/c1-7(2)15-11-5-8(20(13,17)18)4-9(12(16)19-3)10(11)6-14-15/h4-7H,1-3H3. The van der Waals surface area contributed by atoms with Crippen molar-refractivity contribution in [1.29, 1.82) is 0 Å². The van der Waals surface area contributed by atoms with Crippen LogP contribution in [0.5, 0.6) is 0 Å². The number of carbonyl (C=O) groups excluding carboxylic acids is 1. The van der Waals surface area contributed by atoms with Gasteiger partial charge in [-0.15, -0.1) is 0 Å². The van der Waals surface area contributed by atoms with Gasteiger partial charge in [-0.1, -0.05) is 0 Å². The van der Waals surface area contributed by atoms with Crippen molar-refractivity contribution >= 4 is 36.6 Å². The summed E-state index contributed by atoms with van der Waals surface area (Å²) >= 11 is 0. The zero-order chi connectivity index (χ0) is 15.1. The average Bonchev–Trinajstić information content (AvgIpc) is 2.79. The van der Waals surface area contributed by atoms with Crippen LogP contribution in [0.2, 0.25) is 0 Å². The Morgan fingerprint density at radius 3 is 2.55 bits per heavy atom. The predicted molar refractivity (Wildman–Crippen MR) is 74.5 cm³/mol. The number of hydrogen-bond acceptors (Lipinski definition) is 5. The van der Waals surface area contributed by atoms with Crippen LogP contribution < -0.4 is 0 Å². The molecule has 0 radical (unpaired) electrons. The maximum atomic E-state index is 11.8. The van der Waals surface area contributed by atoms with Gasteiger partial charge in [0.05, 0.1) is 29.3 Å². The van der Waals surface area contributed by atoms with Gasteiger partial charge in [0, 0.05) is 22.1 Å². The van der Waals surface area contributed by atoms with Crippen LogP contribution in [0, 0.1) is 0 Å². The minimum atomic E-state index is -3.96. The van der Waals surface area contributed by atoms with Crippen LogP contribution >= 0.6 is 10.7 Å². The third-order valence-corrected chi connectivity index (χ3v) is 4.20. The lowest BCUT2D eigenvalue weighted by Crippen LogP contribution is -2.06. The Balaban J connectivity index is 2.87. The summed E-state index contributed by atoms with van der Waals surface area (Å²) in [6.07, 6.45) is 1.51. The highest BCUT2D eigenvalue weighted by atomic mass is 35.7. The molecule has 2 aromatic rings. The van der Waals surface area contributed by atoms with Crippen molar-refractivity contribution in [3.05, 3.63) is 23.9 Å².